The summed E-state index contributed by atoms with van der Waals surface area (Å²) in [6, 6.07) is -2.53. The Morgan fingerprint density at radius 1 is 0.586 bits per heavy atom. The van der Waals surface area contributed by atoms with Crippen molar-refractivity contribution < 1.29 is 104 Å². The Bertz CT molecular complexity index is 1820. The molecule has 0 spiro atoms. The molecule has 0 bridgehead atoms. The van der Waals surface area contributed by atoms with Crippen LogP contribution in [0.25, 0.3) is 0 Å². The molecule has 3 rings (SSSR count). The molecule has 18 atom stereocenters. The second kappa shape index (κ2) is 45.7. The largest absolute Gasteiger partial charge is 0.477 e. The minimum Gasteiger partial charge on any atom is -0.477 e. The Kier molecular flexibility index (Phi) is 41.3. The van der Waals surface area contributed by atoms with E-state index in [1.165, 1.54) is 109 Å². The molecule has 87 heavy (non-hydrogen) atoms. The van der Waals surface area contributed by atoms with E-state index in [1.807, 2.05) is 0 Å². The van der Waals surface area contributed by atoms with Crippen molar-refractivity contribution in [3.63, 3.8) is 0 Å². The predicted molar refractivity (Wildman–Crippen MR) is 325 cm³/mol. The van der Waals surface area contributed by atoms with E-state index in [9.17, 15) is 75.7 Å². The zero-order valence-corrected chi connectivity index (χ0v) is 52.9. The van der Waals surface area contributed by atoms with Crippen molar-refractivity contribution in [3.05, 3.63) is 12.2 Å². The predicted octanol–water partition coefficient (Wildman–Crippen LogP) is 5.12. The number of carboxylic acid groups (broad SMARTS) is 1. The van der Waals surface area contributed by atoms with Crippen molar-refractivity contribution in [2.24, 2.45) is 0 Å². The topological polar surface area (TPSA) is 373 Å². The lowest BCUT2D eigenvalue weighted by molar-refractivity contribution is -0.386. The molecule has 0 aliphatic carbocycles. The van der Waals surface area contributed by atoms with Crippen molar-refractivity contribution in [2.75, 3.05) is 26.4 Å². The first-order valence-corrected chi connectivity index (χ1v) is 33.5. The number of aliphatic carboxylic acids is 1. The van der Waals surface area contributed by atoms with Crippen LogP contribution in [-0.4, -0.2) is 215 Å². The molecule has 3 aliphatic heterocycles. The van der Waals surface area contributed by atoms with Crippen LogP contribution in [0.15, 0.2) is 12.2 Å². The van der Waals surface area contributed by atoms with Crippen LogP contribution in [0.3, 0.4) is 0 Å². The Labute approximate surface area is 518 Å². The molecule has 14 N–H and O–H groups in total. The van der Waals surface area contributed by atoms with E-state index in [4.69, 9.17) is 28.4 Å². The molecule has 23 heteroatoms. The second-order valence-electron chi connectivity index (χ2n) is 24.7. The fourth-order valence-electron chi connectivity index (χ4n) is 11.8. The summed E-state index contributed by atoms with van der Waals surface area (Å²) in [4.78, 5) is 38.5. The van der Waals surface area contributed by atoms with Crippen molar-refractivity contribution in [1.82, 2.24) is 10.6 Å². The van der Waals surface area contributed by atoms with Crippen LogP contribution in [0, 0.1) is 0 Å². The van der Waals surface area contributed by atoms with Gasteiger partial charge in [-0.1, -0.05) is 193 Å². The van der Waals surface area contributed by atoms with Gasteiger partial charge in [0.25, 0.3) is 5.79 Å². The SMILES string of the molecule is CCCCCCCCCCC/C=C\CCCCCCCCCC(=O)NC(COC1OC(CO)C(OC2OC(CO)C(O)C(OC3(C(=O)O)CC(O)C(NC(C)=O)C(C(O)C(O)CO)O3)C2O)C(O)C1O)C(O)CCCCCCCCCCCCCCC. The molecule has 3 fully saturated rings. The maximum absolute atomic E-state index is 13.4. The van der Waals surface area contributed by atoms with Gasteiger partial charge in [0.05, 0.1) is 50.7 Å². The summed E-state index contributed by atoms with van der Waals surface area (Å²) < 4.78 is 34.8. The smallest absolute Gasteiger partial charge is 0.364 e. The standard InChI is InChI=1S/C64H118N2O21/c1-4-6-8-10-12-14-16-18-19-20-21-22-23-24-26-28-30-32-34-36-38-51(74)66-45(46(71)37-35-33-31-29-27-25-17-15-13-11-9-7-5-2)43-82-61-56(78)55(77)58(50(42-69)84-61)85-62-57(79)60(54(76)49(41-68)83-62)87-64(63(80)81)39-47(72)52(65-44(3)70)59(86-64)53(75)48(73)40-67/h21-22,45-50,52-62,67-69,71-73,75-79H,4-20,23-43H2,1-3H3,(H,65,70)(H,66,74)(H,80,81)/b22-21-. The monoisotopic (exact) mass is 1250 g/mol. The van der Waals surface area contributed by atoms with Gasteiger partial charge in [-0.3, -0.25) is 9.59 Å². The number of unbranched alkanes of at least 4 members (excludes halogenated alkanes) is 28. The Hall–Kier alpha value is -2.53. The minimum absolute atomic E-state index is 0.220. The zero-order valence-electron chi connectivity index (χ0n) is 52.9. The van der Waals surface area contributed by atoms with Crippen molar-refractivity contribution in [3.8, 4) is 0 Å². The summed E-state index contributed by atoms with van der Waals surface area (Å²) in [6.45, 7) is 2.19. The molecule has 0 aromatic heterocycles. The molecule has 0 aromatic rings. The van der Waals surface area contributed by atoms with Crippen LogP contribution >= 0.6 is 0 Å². The molecule has 3 saturated heterocycles. The Morgan fingerprint density at radius 3 is 1.55 bits per heavy atom. The molecular formula is C64H118N2O21. The van der Waals surface area contributed by atoms with Crippen LogP contribution in [-0.2, 0) is 42.8 Å². The third kappa shape index (κ3) is 28.9. The first kappa shape index (κ1) is 78.7. The number of allylic oxidation sites excluding steroid dienone is 2. The second-order valence-corrected chi connectivity index (χ2v) is 24.7. The van der Waals surface area contributed by atoms with Gasteiger partial charge < -0.3 is 100 Å². The fourth-order valence-corrected chi connectivity index (χ4v) is 11.8. The Morgan fingerprint density at radius 2 is 1.07 bits per heavy atom. The van der Waals surface area contributed by atoms with Crippen molar-refractivity contribution >= 4 is 17.8 Å². The van der Waals surface area contributed by atoms with Gasteiger partial charge in [0.2, 0.25) is 11.8 Å². The van der Waals surface area contributed by atoms with Crippen LogP contribution in [0.1, 0.15) is 239 Å². The number of aliphatic hydroxyl groups is 11. The van der Waals surface area contributed by atoms with Gasteiger partial charge in [0.1, 0.15) is 67.1 Å². The van der Waals surface area contributed by atoms with E-state index >= 15 is 0 Å². The number of carbonyl (C=O) groups excluding carboxylic acids is 2. The number of rotatable bonds is 50. The molecule has 0 aromatic carbocycles. The number of carbonyl (C=O) groups is 3. The highest BCUT2D eigenvalue weighted by Gasteiger charge is 2.60. The fraction of sp³-hybridized carbons (Fsp3) is 0.922. The zero-order chi connectivity index (χ0) is 64.0. The highest BCUT2D eigenvalue weighted by Crippen LogP contribution is 2.39. The van der Waals surface area contributed by atoms with E-state index in [0.29, 0.717) is 19.3 Å². The van der Waals surface area contributed by atoms with Crippen LogP contribution in [0.5, 0.6) is 0 Å². The molecule has 23 nitrogen and oxygen atoms in total. The number of hydrogen-bond acceptors (Lipinski definition) is 20. The van der Waals surface area contributed by atoms with E-state index in [2.05, 4.69) is 36.6 Å². The number of amides is 2. The molecule has 2 amide bonds. The number of ether oxygens (including phenoxy) is 6. The molecule has 18 unspecified atom stereocenters. The molecular weight excluding hydrogens is 1130 g/mol. The first-order valence-electron chi connectivity index (χ1n) is 33.5. The number of hydrogen-bond donors (Lipinski definition) is 14. The number of aliphatic hydroxyl groups excluding tert-OH is 11. The van der Waals surface area contributed by atoms with Gasteiger partial charge in [0.15, 0.2) is 12.6 Å². The molecule has 3 heterocycles. The lowest BCUT2D eigenvalue weighted by Crippen LogP contribution is -2.70. The van der Waals surface area contributed by atoms with Gasteiger partial charge in [-0.2, -0.15) is 0 Å². The highest BCUT2D eigenvalue weighted by atomic mass is 16.8. The highest BCUT2D eigenvalue weighted by molar-refractivity contribution is 5.77. The third-order valence-electron chi connectivity index (χ3n) is 17.2. The lowest BCUT2D eigenvalue weighted by Gasteiger charge is -2.50. The average molecular weight is 1250 g/mol. The summed E-state index contributed by atoms with van der Waals surface area (Å²) >= 11 is 0. The van der Waals surface area contributed by atoms with Gasteiger partial charge in [0, 0.05) is 19.8 Å². The maximum atomic E-state index is 13.4. The minimum atomic E-state index is -3.08. The quantitative estimate of drug-likeness (QED) is 0.0278. The van der Waals surface area contributed by atoms with Gasteiger partial charge in [-0.15, -0.1) is 0 Å². The van der Waals surface area contributed by atoms with E-state index in [0.717, 1.165) is 84.0 Å². The van der Waals surface area contributed by atoms with Crippen molar-refractivity contribution in [1.29, 1.82) is 0 Å². The van der Waals surface area contributed by atoms with E-state index in [1.54, 1.807) is 0 Å². The summed E-state index contributed by atoms with van der Waals surface area (Å²) in [5.41, 5.74) is 0. The average Bonchev–Trinajstić information content (AvgIpc) is 1.16. The van der Waals surface area contributed by atoms with Crippen LogP contribution in [0.2, 0.25) is 0 Å². The summed E-state index contributed by atoms with van der Waals surface area (Å²) in [7, 11) is 0. The van der Waals surface area contributed by atoms with Crippen LogP contribution < -0.4 is 10.6 Å². The molecule has 0 saturated carbocycles. The molecule has 510 valence electrons. The van der Waals surface area contributed by atoms with Gasteiger partial charge in [-0.05, 0) is 38.5 Å². The molecule has 3 aliphatic rings. The van der Waals surface area contributed by atoms with Gasteiger partial charge >= 0.3 is 5.97 Å². The van der Waals surface area contributed by atoms with E-state index in [-0.39, 0.29) is 18.9 Å². The number of carboxylic acids is 1. The van der Waals surface area contributed by atoms with Gasteiger partial charge in [-0.25, -0.2) is 4.79 Å². The third-order valence-corrected chi connectivity index (χ3v) is 17.2. The summed E-state index contributed by atoms with van der Waals surface area (Å²) in [6.07, 6.45) is 12.2. The first-order chi connectivity index (χ1) is 41.9. The van der Waals surface area contributed by atoms with Crippen LogP contribution in [0.4, 0.5) is 0 Å². The van der Waals surface area contributed by atoms with E-state index < -0.39 is 148 Å². The Balaban J connectivity index is 1.60. The number of nitrogens with one attached hydrogen (secondary N) is 2. The lowest BCUT2D eigenvalue weighted by atomic mass is 9.88. The normalized spacial score (nSPS) is 29.2. The molecule has 0 radical (unpaired) electrons. The summed E-state index contributed by atoms with van der Waals surface area (Å²) in [5.74, 6) is -6.10. The van der Waals surface area contributed by atoms with Crippen molar-refractivity contribution in [2.45, 2.75) is 349 Å². The maximum Gasteiger partial charge on any atom is 0.364 e. The summed E-state index contributed by atoms with van der Waals surface area (Å²) in [5, 5.41) is 136.